The lowest BCUT2D eigenvalue weighted by atomic mass is 9.93. The molecular formula is C15H19N3O2. The van der Waals surface area contributed by atoms with Crippen molar-refractivity contribution in [3.8, 4) is 6.07 Å². The van der Waals surface area contributed by atoms with Crippen LogP contribution in [0.15, 0.2) is 18.3 Å². The Kier molecular flexibility index (Phi) is 5.08. The number of carboxylic acid groups (broad SMARTS) is 1. The smallest absolute Gasteiger partial charge is 0.303 e. The summed E-state index contributed by atoms with van der Waals surface area (Å²) in [6.45, 7) is 2.64. The standard InChI is InChI=1S/C15H19N3O2/c16-9-14-13(4-1-7-17-14)11-18-8-2-3-12(10-18)5-6-15(19)20/h1,4,7,12H,2-3,5-6,8,10-11H2,(H,19,20). The molecule has 1 saturated heterocycles. The Morgan fingerprint density at radius 2 is 2.45 bits per heavy atom. The molecule has 1 atom stereocenters. The number of likely N-dealkylation sites (tertiary alicyclic amines) is 1. The number of carboxylic acids is 1. The van der Waals surface area contributed by atoms with E-state index >= 15 is 0 Å². The summed E-state index contributed by atoms with van der Waals surface area (Å²) >= 11 is 0. The van der Waals surface area contributed by atoms with Gasteiger partial charge in [-0.15, -0.1) is 0 Å². The third-order valence-corrected chi connectivity index (χ3v) is 3.76. The third-order valence-electron chi connectivity index (χ3n) is 3.76. The second-order valence-corrected chi connectivity index (χ2v) is 5.30. The van der Waals surface area contributed by atoms with Gasteiger partial charge in [-0.2, -0.15) is 5.26 Å². The van der Waals surface area contributed by atoms with Crippen LogP contribution in [0.25, 0.3) is 0 Å². The van der Waals surface area contributed by atoms with Gasteiger partial charge >= 0.3 is 5.97 Å². The van der Waals surface area contributed by atoms with Crippen molar-refractivity contribution >= 4 is 5.97 Å². The van der Waals surface area contributed by atoms with Crippen molar-refractivity contribution < 1.29 is 9.90 Å². The summed E-state index contributed by atoms with van der Waals surface area (Å²) < 4.78 is 0. The average molecular weight is 273 g/mol. The van der Waals surface area contributed by atoms with Gasteiger partial charge in [0.15, 0.2) is 0 Å². The normalized spacial score (nSPS) is 19.4. The molecule has 2 heterocycles. The van der Waals surface area contributed by atoms with Crippen LogP contribution in [0.3, 0.4) is 0 Å². The van der Waals surface area contributed by atoms with Crippen LogP contribution in [0, 0.1) is 17.2 Å². The SMILES string of the molecule is N#Cc1ncccc1CN1CCCC(CCC(=O)O)C1. The molecule has 1 N–H and O–H groups in total. The lowest BCUT2D eigenvalue weighted by Gasteiger charge is -2.32. The number of hydrogen-bond donors (Lipinski definition) is 1. The van der Waals surface area contributed by atoms with Gasteiger partial charge in [0.25, 0.3) is 0 Å². The van der Waals surface area contributed by atoms with Gasteiger partial charge in [0.05, 0.1) is 0 Å². The summed E-state index contributed by atoms with van der Waals surface area (Å²) in [6, 6.07) is 5.91. The topological polar surface area (TPSA) is 77.2 Å². The predicted molar refractivity (Wildman–Crippen MR) is 73.8 cm³/mol. The first-order valence-corrected chi connectivity index (χ1v) is 6.97. The minimum Gasteiger partial charge on any atom is -0.481 e. The van der Waals surface area contributed by atoms with E-state index in [4.69, 9.17) is 10.4 Å². The summed E-state index contributed by atoms with van der Waals surface area (Å²) in [5.41, 5.74) is 1.44. The fourth-order valence-corrected chi connectivity index (χ4v) is 2.77. The zero-order valence-electron chi connectivity index (χ0n) is 11.5. The highest BCUT2D eigenvalue weighted by molar-refractivity contribution is 5.66. The molecule has 1 aromatic rings. The van der Waals surface area contributed by atoms with Gasteiger partial charge in [-0.1, -0.05) is 6.07 Å². The minimum atomic E-state index is -0.721. The molecule has 0 bridgehead atoms. The van der Waals surface area contributed by atoms with Crippen molar-refractivity contribution in [1.82, 2.24) is 9.88 Å². The van der Waals surface area contributed by atoms with Gasteiger partial charge in [-0.05, 0) is 37.8 Å². The number of nitriles is 1. The van der Waals surface area contributed by atoms with Crippen molar-refractivity contribution in [3.05, 3.63) is 29.6 Å². The summed E-state index contributed by atoms with van der Waals surface area (Å²) in [5.74, 6) is -0.275. The summed E-state index contributed by atoms with van der Waals surface area (Å²) in [4.78, 5) is 17.0. The molecule has 0 saturated carbocycles. The number of piperidine rings is 1. The molecule has 20 heavy (non-hydrogen) atoms. The van der Waals surface area contributed by atoms with Gasteiger partial charge in [-0.3, -0.25) is 9.69 Å². The number of hydrogen-bond acceptors (Lipinski definition) is 4. The number of rotatable bonds is 5. The molecule has 0 radical (unpaired) electrons. The average Bonchev–Trinajstić information content (AvgIpc) is 2.46. The Morgan fingerprint density at radius 1 is 1.60 bits per heavy atom. The number of carbonyl (C=O) groups is 1. The van der Waals surface area contributed by atoms with E-state index in [0.717, 1.165) is 44.5 Å². The maximum atomic E-state index is 10.6. The number of nitrogens with zero attached hydrogens (tertiary/aromatic N) is 3. The molecule has 1 aliphatic rings. The van der Waals surface area contributed by atoms with E-state index in [1.54, 1.807) is 6.20 Å². The van der Waals surface area contributed by atoms with Crippen molar-refractivity contribution in [2.45, 2.75) is 32.2 Å². The van der Waals surface area contributed by atoms with Crippen molar-refractivity contribution in [2.24, 2.45) is 5.92 Å². The quantitative estimate of drug-likeness (QED) is 0.888. The fraction of sp³-hybridized carbons (Fsp3) is 0.533. The molecule has 5 heteroatoms. The lowest BCUT2D eigenvalue weighted by Crippen LogP contribution is -2.35. The Morgan fingerprint density at radius 3 is 3.20 bits per heavy atom. The summed E-state index contributed by atoms with van der Waals surface area (Å²) in [7, 11) is 0. The molecule has 1 fully saturated rings. The van der Waals surface area contributed by atoms with E-state index in [1.807, 2.05) is 12.1 Å². The van der Waals surface area contributed by atoms with Crippen LogP contribution in [0.4, 0.5) is 0 Å². The minimum absolute atomic E-state index is 0.245. The second-order valence-electron chi connectivity index (χ2n) is 5.30. The highest BCUT2D eigenvalue weighted by Crippen LogP contribution is 2.22. The summed E-state index contributed by atoms with van der Waals surface area (Å²) in [5, 5.41) is 17.8. The zero-order chi connectivity index (χ0) is 14.4. The van der Waals surface area contributed by atoms with Crippen LogP contribution in [-0.2, 0) is 11.3 Å². The molecule has 1 aromatic heterocycles. The molecule has 106 valence electrons. The highest BCUT2D eigenvalue weighted by atomic mass is 16.4. The number of aromatic nitrogens is 1. The van der Waals surface area contributed by atoms with Crippen LogP contribution in [0.1, 0.15) is 36.9 Å². The summed E-state index contributed by atoms with van der Waals surface area (Å²) in [6.07, 6.45) is 4.81. The van der Waals surface area contributed by atoms with E-state index in [-0.39, 0.29) is 6.42 Å². The molecule has 0 spiro atoms. The first-order valence-electron chi connectivity index (χ1n) is 6.97. The predicted octanol–water partition coefficient (Wildman–Crippen LogP) is 2.03. The highest BCUT2D eigenvalue weighted by Gasteiger charge is 2.21. The molecular weight excluding hydrogens is 254 g/mol. The van der Waals surface area contributed by atoms with Gasteiger partial charge in [0.2, 0.25) is 0 Å². The Bertz CT molecular complexity index is 510. The lowest BCUT2D eigenvalue weighted by molar-refractivity contribution is -0.137. The van der Waals surface area contributed by atoms with E-state index in [0.29, 0.717) is 11.6 Å². The Labute approximate surface area is 118 Å². The van der Waals surface area contributed by atoms with Crippen LogP contribution in [-0.4, -0.2) is 34.0 Å². The first-order chi connectivity index (χ1) is 9.69. The molecule has 1 aliphatic heterocycles. The van der Waals surface area contributed by atoms with Crippen LogP contribution in [0.5, 0.6) is 0 Å². The second kappa shape index (κ2) is 7.01. The largest absolute Gasteiger partial charge is 0.481 e. The Hall–Kier alpha value is -1.93. The number of aliphatic carboxylic acids is 1. The van der Waals surface area contributed by atoms with Gasteiger partial charge in [0.1, 0.15) is 11.8 Å². The van der Waals surface area contributed by atoms with Gasteiger partial charge < -0.3 is 5.11 Å². The van der Waals surface area contributed by atoms with Crippen LogP contribution >= 0.6 is 0 Å². The first kappa shape index (κ1) is 14.5. The maximum absolute atomic E-state index is 10.6. The van der Waals surface area contributed by atoms with Gasteiger partial charge in [0, 0.05) is 31.3 Å². The third kappa shape index (κ3) is 4.04. The van der Waals surface area contributed by atoms with E-state index in [2.05, 4.69) is 16.0 Å². The van der Waals surface area contributed by atoms with Crippen molar-refractivity contribution in [3.63, 3.8) is 0 Å². The van der Waals surface area contributed by atoms with Crippen molar-refractivity contribution in [1.29, 1.82) is 5.26 Å². The Balaban J connectivity index is 1.92. The molecule has 0 aromatic carbocycles. The molecule has 0 amide bonds. The molecule has 2 rings (SSSR count). The number of pyridine rings is 1. The fourth-order valence-electron chi connectivity index (χ4n) is 2.77. The molecule has 5 nitrogen and oxygen atoms in total. The van der Waals surface area contributed by atoms with E-state index < -0.39 is 5.97 Å². The van der Waals surface area contributed by atoms with E-state index in [9.17, 15) is 4.79 Å². The van der Waals surface area contributed by atoms with Crippen LogP contribution in [0.2, 0.25) is 0 Å². The zero-order valence-corrected chi connectivity index (χ0v) is 11.5. The van der Waals surface area contributed by atoms with Crippen molar-refractivity contribution in [2.75, 3.05) is 13.1 Å². The molecule has 0 aliphatic carbocycles. The van der Waals surface area contributed by atoms with Gasteiger partial charge in [-0.25, -0.2) is 4.98 Å². The molecule has 1 unspecified atom stereocenters. The van der Waals surface area contributed by atoms with E-state index in [1.165, 1.54) is 0 Å². The maximum Gasteiger partial charge on any atom is 0.303 e. The van der Waals surface area contributed by atoms with Crippen LogP contribution < -0.4 is 0 Å². The monoisotopic (exact) mass is 273 g/mol.